The van der Waals surface area contributed by atoms with Crippen molar-refractivity contribution in [2.75, 3.05) is 21.3 Å². The van der Waals surface area contributed by atoms with Crippen LogP contribution in [-0.4, -0.2) is 70.5 Å². The van der Waals surface area contributed by atoms with Gasteiger partial charge in [0.2, 0.25) is 0 Å². The number of Topliss-reactive ketones (excluding diaryl/α,β-unsaturated/α-hetero) is 1. The summed E-state index contributed by atoms with van der Waals surface area (Å²) in [6, 6.07) is 24.0. The number of carbonyl (C=O) groups excluding carboxylic acids is 1. The number of para-hydroxylation sites is 1. The number of benzene rings is 4. The van der Waals surface area contributed by atoms with E-state index < -0.39 is 35.5 Å². The Morgan fingerprint density at radius 1 is 0.684 bits per heavy atom. The van der Waals surface area contributed by atoms with Gasteiger partial charge in [0.1, 0.15) is 6.61 Å². The molecule has 4 N–H and O–H groups in total. The Kier molecular flexibility index (Phi) is 15.2. The first-order valence-corrected chi connectivity index (χ1v) is 17.0. The predicted octanol–water partition coefficient (Wildman–Crippen LogP) is 8.84. The molecule has 0 saturated heterocycles. The molecule has 5 rings (SSSR count). The van der Waals surface area contributed by atoms with Crippen LogP contribution in [0.2, 0.25) is 0 Å². The van der Waals surface area contributed by atoms with Gasteiger partial charge in [0.05, 0.1) is 32.5 Å². The number of phenols is 2. The van der Waals surface area contributed by atoms with Gasteiger partial charge in [-0.15, -0.1) is 0 Å². The maximum absolute atomic E-state index is 12.8. The summed E-state index contributed by atoms with van der Waals surface area (Å²) in [6.07, 6.45) is -9.86. The number of fused-ring (bicyclic) bond motifs is 1. The molecule has 5 aromatic rings. The fourth-order valence-corrected chi connectivity index (χ4v) is 4.90. The number of aryl methyl sites for hydroxylation is 1. The summed E-state index contributed by atoms with van der Waals surface area (Å²) in [5.41, 5.74) is -3.35. The van der Waals surface area contributed by atoms with Gasteiger partial charge in [0.25, 0.3) is 0 Å². The van der Waals surface area contributed by atoms with E-state index in [1.165, 1.54) is 40.4 Å². The summed E-state index contributed by atoms with van der Waals surface area (Å²) in [5, 5.41) is 38.4. The van der Waals surface area contributed by atoms with E-state index in [1.54, 1.807) is 24.3 Å². The second-order valence-corrected chi connectivity index (χ2v) is 12.9. The molecule has 1 heterocycles. The molecule has 16 heteroatoms. The minimum atomic E-state index is -4.80. The molecule has 2 atom stereocenters. The van der Waals surface area contributed by atoms with E-state index in [9.17, 15) is 51.6 Å². The number of alkyl halides is 6. The lowest BCUT2D eigenvalue weighted by Gasteiger charge is -2.27. The molecule has 0 amide bonds. The normalized spacial score (nSPS) is 13.4. The smallest absolute Gasteiger partial charge is 0.421 e. The molecule has 10 nitrogen and oxygen atoms in total. The number of aromatic nitrogens is 1. The average Bonchev–Trinajstić information content (AvgIpc) is 3.16. The minimum absolute atomic E-state index is 0.0440. The largest absolute Gasteiger partial charge is 0.504 e. The van der Waals surface area contributed by atoms with Crippen LogP contribution in [0.3, 0.4) is 0 Å². The van der Waals surface area contributed by atoms with Gasteiger partial charge < -0.3 is 39.4 Å². The Hall–Kier alpha value is -5.74. The molecule has 2 unspecified atom stereocenters. The number of ketones is 1. The van der Waals surface area contributed by atoms with E-state index >= 15 is 0 Å². The van der Waals surface area contributed by atoms with Gasteiger partial charge in [-0.2, -0.15) is 26.3 Å². The van der Waals surface area contributed by atoms with Crippen molar-refractivity contribution in [3.63, 3.8) is 0 Å². The number of rotatable bonds is 11. The number of nitrogens with zero attached hydrogens (tertiary/aromatic N) is 1. The van der Waals surface area contributed by atoms with Crippen LogP contribution in [0.25, 0.3) is 10.9 Å². The van der Waals surface area contributed by atoms with Crippen LogP contribution in [0.4, 0.5) is 26.3 Å². The Bertz CT molecular complexity index is 2120. The van der Waals surface area contributed by atoms with Crippen LogP contribution in [0.5, 0.6) is 34.5 Å². The zero-order chi connectivity index (χ0) is 42.8. The van der Waals surface area contributed by atoms with E-state index in [1.807, 2.05) is 36.4 Å². The predicted molar refractivity (Wildman–Crippen MR) is 199 cm³/mol. The topological polar surface area (TPSA) is 148 Å². The summed E-state index contributed by atoms with van der Waals surface area (Å²) in [5.74, 6) is 0.786. The fourth-order valence-electron chi connectivity index (χ4n) is 4.90. The quantitative estimate of drug-likeness (QED) is 0.0754. The lowest BCUT2D eigenvalue weighted by atomic mass is 9.95. The van der Waals surface area contributed by atoms with Crippen molar-refractivity contribution in [1.29, 1.82) is 0 Å². The molecule has 4 aromatic carbocycles. The van der Waals surface area contributed by atoms with Crippen molar-refractivity contribution >= 4 is 16.7 Å². The SMILES string of the molecule is COc1cc(C(C)(O)C(F)(F)F)ccc1O.COc1cc(C(C)=O)ccc1O.COc1cc(CCC(C)(O)C(F)(F)F)ccc1OCc1ccc2ccccc2n1. The highest BCUT2D eigenvalue weighted by atomic mass is 19.4. The van der Waals surface area contributed by atoms with Crippen molar-refractivity contribution in [1.82, 2.24) is 4.98 Å². The Labute approximate surface area is 324 Å². The number of carbonyl (C=O) groups is 1. The van der Waals surface area contributed by atoms with Crippen molar-refractivity contribution in [3.05, 3.63) is 113 Å². The van der Waals surface area contributed by atoms with Crippen LogP contribution in [0.1, 0.15) is 54.4 Å². The van der Waals surface area contributed by atoms with E-state index in [0.29, 0.717) is 35.3 Å². The van der Waals surface area contributed by atoms with Gasteiger partial charge in [-0.1, -0.05) is 36.4 Å². The maximum atomic E-state index is 12.8. The summed E-state index contributed by atoms with van der Waals surface area (Å²) in [7, 11) is 4.12. The third-order valence-corrected chi connectivity index (χ3v) is 8.65. The first-order valence-electron chi connectivity index (χ1n) is 17.0. The summed E-state index contributed by atoms with van der Waals surface area (Å²) >= 11 is 0. The van der Waals surface area contributed by atoms with Gasteiger partial charge in [0, 0.05) is 10.9 Å². The van der Waals surface area contributed by atoms with Gasteiger partial charge in [-0.25, -0.2) is 4.98 Å². The molecular weight excluding hydrogens is 764 g/mol. The summed E-state index contributed by atoms with van der Waals surface area (Å²) in [4.78, 5) is 15.4. The van der Waals surface area contributed by atoms with Gasteiger partial charge in [-0.3, -0.25) is 4.79 Å². The van der Waals surface area contributed by atoms with Crippen molar-refractivity contribution in [3.8, 4) is 34.5 Å². The number of methoxy groups -OCH3 is 3. The number of hydrogen-bond donors (Lipinski definition) is 4. The third-order valence-electron chi connectivity index (χ3n) is 8.65. The van der Waals surface area contributed by atoms with Gasteiger partial charge in [0.15, 0.2) is 51.5 Å². The lowest BCUT2D eigenvalue weighted by Crippen LogP contribution is -2.42. The molecule has 0 fully saturated rings. The molecule has 0 spiro atoms. The molecular formula is C41H43F6NO9. The molecule has 0 radical (unpaired) electrons. The number of halogens is 6. The fraction of sp³-hybridized carbons (Fsp3) is 0.317. The number of pyridine rings is 1. The molecule has 0 bridgehead atoms. The van der Waals surface area contributed by atoms with E-state index in [0.717, 1.165) is 41.7 Å². The molecule has 308 valence electrons. The molecule has 1 aromatic heterocycles. The monoisotopic (exact) mass is 807 g/mol. The minimum Gasteiger partial charge on any atom is -0.504 e. The van der Waals surface area contributed by atoms with Crippen molar-refractivity contribution < 1.29 is 70.5 Å². The number of aliphatic hydroxyl groups is 2. The van der Waals surface area contributed by atoms with E-state index in [-0.39, 0.29) is 36.1 Å². The molecule has 0 saturated carbocycles. The van der Waals surface area contributed by atoms with Crippen LogP contribution >= 0.6 is 0 Å². The second-order valence-electron chi connectivity index (χ2n) is 12.9. The molecule has 57 heavy (non-hydrogen) atoms. The number of aromatic hydroxyl groups is 2. The molecule has 0 aliphatic rings. The average molecular weight is 808 g/mol. The Balaban J connectivity index is 0.000000260. The first kappa shape index (κ1) is 45.6. The van der Waals surface area contributed by atoms with E-state index in [2.05, 4.69) is 9.72 Å². The van der Waals surface area contributed by atoms with Gasteiger partial charge >= 0.3 is 12.4 Å². The van der Waals surface area contributed by atoms with Crippen LogP contribution < -0.4 is 18.9 Å². The second kappa shape index (κ2) is 18.9. The van der Waals surface area contributed by atoms with Crippen LogP contribution in [0, 0.1) is 0 Å². The van der Waals surface area contributed by atoms with Crippen molar-refractivity contribution in [2.24, 2.45) is 0 Å². The third kappa shape index (κ3) is 12.1. The molecule has 0 aliphatic carbocycles. The van der Waals surface area contributed by atoms with E-state index in [4.69, 9.17) is 14.2 Å². The van der Waals surface area contributed by atoms with Gasteiger partial charge in [-0.05, 0) is 99.3 Å². The number of hydrogen-bond acceptors (Lipinski definition) is 10. The van der Waals surface area contributed by atoms with Crippen molar-refractivity contribution in [2.45, 2.75) is 63.8 Å². The maximum Gasteiger partial charge on any atom is 0.421 e. The zero-order valence-electron chi connectivity index (χ0n) is 31.8. The standard InChI is InChI=1S/C22H22F3NO3.C10H11F3O3.C9H10O3/c1-21(27,22(23,24)25)12-11-15-7-10-19(20(13-15)28-2)29-14-17-9-8-16-5-3-4-6-18(16)26-17;1-9(15,10(11,12)13)6-3-4-7(14)8(5-6)16-2;1-6(10)7-3-4-8(11)9(5-7)12-2/h3-10,13,27H,11-12,14H2,1-2H3;3-5,14-15H,1-2H3;3-5,11H,1-2H3. The summed E-state index contributed by atoms with van der Waals surface area (Å²) < 4.78 is 96.5. The van der Waals surface area contributed by atoms with Crippen LogP contribution in [-0.2, 0) is 18.6 Å². The number of ether oxygens (including phenoxy) is 4. The summed E-state index contributed by atoms with van der Waals surface area (Å²) in [6.45, 7) is 3.10. The highest BCUT2D eigenvalue weighted by molar-refractivity contribution is 5.94. The Morgan fingerprint density at radius 3 is 1.86 bits per heavy atom. The zero-order valence-corrected chi connectivity index (χ0v) is 31.8. The number of phenolic OH excluding ortho intramolecular Hbond substituents is 2. The highest BCUT2D eigenvalue weighted by Gasteiger charge is 2.51. The lowest BCUT2D eigenvalue weighted by molar-refractivity contribution is -0.258. The Morgan fingerprint density at radius 2 is 1.28 bits per heavy atom. The van der Waals surface area contributed by atoms with Crippen LogP contribution in [0.15, 0.2) is 91.0 Å². The molecule has 0 aliphatic heterocycles. The highest BCUT2D eigenvalue weighted by Crippen LogP contribution is 2.41. The first-order chi connectivity index (χ1) is 26.5.